The molecule has 0 bridgehead atoms. The zero-order valence-corrected chi connectivity index (χ0v) is 9.34. The summed E-state index contributed by atoms with van der Waals surface area (Å²) in [7, 11) is -4.64. The Labute approximate surface area is 97.3 Å². The third-order valence-electron chi connectivity index (χ3n) is 1.69. The molecule has 17 heavy (non-hydrogen) atoms. The van der Waals surface area contributed by atoms with Gasteiger partial charge in [0.25, 0.3) is 10.0 Å². The van der Waals surface area contributed by atoms with E-state index in [1.807, 2.05) is 0 Å². The number of rotatable bonds is 3. The van der Waals surface area contributed by atoms with E-state index >= 15 is 0 Å². The van der Waals surface area contributed by atoms with Crippen LogP contribution in [0.25, 0.3) is 0 Å². The van der Waals surface area contributed by atoms with Crippen molar-refractivity contribution in [1.82, 2.24) is 0 Å². The van der Waals surface area contributed by atoms with Crippen LogP contribution in [0.5, 0.6) is 0 Å². The van der Waals surface area contributed by atoms with Gasteiger partial charge in [0, 0.05) is 11.3 Å². The van der Waals surface area contributed by atoms with E-state index in [1.165, 1.54) is 24.3 Å². The molecule has 0 atom stereocenters. The number of hydrogen-bond donors (Lipinski definition) is 2. The van der Waals surface area contributed by atoms with E-state index < -0.39 is 15.8 Å². The quantitative estimate of drug-likeness (QED) is 0.797. The highest BCUT2D eigenvalue weighted by Gasteiger charge is 2.23. The Morgan fingerprint density at radius 2 is 1.88 bits per heavy atom. The average Bonchev–Trinajstić information content (AvgIpc) is 2.27. The summed E-state index contributed by atoms with van der Waals surface area (Å²) in [6, 6.07) is 5.51. The molecule has 4 nitrogen and oxygen atoms in total. The third kappa shape index (κ3) is 4.01. The molecule has 0 fully saturated rings. The van der Waals surface area contributed by atoms with Crippen LogP contribution in [-0.4, -0.2) is 25.9 Å². The molecule has 1 rings (SSSR count). The van der Waals surface area contributed by atoms with Gasteiger partial charge in [-0.05, 0) is 24.3 Å². The predicted octanol–water partition coefficient (Wildman–Crippen LogP) is 0.995. The molecular formula is C10H9F2NO3S. The Bertz CT molecular complexity index is 529. The van der Waals surface area contributed by atoms with E-state index in [1.54, 1.807) is 4.72 Å². The molecule has 7 heteroatoms. The number of aliphatic hydroxyl groups is 1. The van der Waals surface area contributed by atoms with Crippen molar-refractivity contribution in [3.63, 3.8) is 0 Å². The zero-order valence-electron chi connectivity index (χ0n) is 8.52. The van der Waals surface area contributed by atoms with E-state index in [9.17, 15) is 17.2 Å². The number of alkyl halides is 2. The number of benzene rings is 1. The summed E-state index contributed by atoms with van der Waals surface area (Å²) >= 11 is 0. The lowest BCUT2D eigenvalue weighted by molar-refractivity contribution is 0.236. The van der Waals surface area contributed by atoms with Crippen LogP contribution in [0.3, 0.4) is 0 Å². The second kappa shape index (κ2) is 5.61. The normalized spacial score (nSPS) is 10.8. The van der Waals surface area contributed by atoms with Gasteiger partial charge in [0.05, 0.1) is 0 Å². The Kier molecular flexibility index (Phi) is 4.43. The van der Waals surface area contributed by atoms with Crippen LogP contribution in [-0.2, 0) is 10.0 Å². The van der Waals surface area contributed by atoms with Gasteiger partial charge in [-0.15, -0.1) is 0 Å². The van der Waals surface area contributed by atoms with E-state index in [4.69, 9.17) is 5.11 Å². The van der Waals surface area contributed by atoms with E-state index in [0.717, 1.165) is 0 Å². The number of aliphatic hydroxyl groups excluding tert-OH is 1. The van der Waals surface area contributed by atoms with Gasteiger partial charge in [0.2, 0.25) is 0 Å². The molecule has 0 aliphatic rings. The first-order chi connectivity index (χ1) is 7.95. The largest absolute Gasteiger partial charge is 0.384 e. The van der Waals surface area contributed by atoms with Crippen LogP contribution in [0.1, 0.15) is 5.56 Å². The number of hydrogen-bond acceptors (Lipinski definition) is 3. The highest BCUT2D eigenvalue weighted by atomic mass is 32.2. The summed E-state index contributed by atoms with van der Waals surface area (Å²) in [5, 5.41) is 8.45. The van der Waals surface area contributed by atoms with Crippen molar-refractivity contribution in [3.8, 4) is 11.8 Å². The highest BCUT2D eigenvalue weighted by Crippen LogP contribution is 2.14. The average molecular weight is 261 g/mol. The molecule has 0 spiro atoms. The number of halogens is 2. The Morgan fingerprint density at radius 1 is 1.29 bits per heavy atom. The minimum atomic E-state index is -4.64. The summed E-state index contributed by atoms with van der Waals surface area (Å²) in [6.07, 6.45) is 0. The molecule has 2 N–H and O–H groups in total. The monoisotopic (exact) mass is 261 g/mol. The highest BCUT2D eigenvalue weighted by molar-refractivity contribution is 7.93. The van der Waals surface area contributed by atoms with Crippen molar-refractivity contribution >= 4 is 15.7 Å². The van der Waals surface area contributed by atoms with Crippen molar-refractivity contribution in [2.45, 2.75) is 5.76 Å². The van der Waals surface area contributed by atoms with E-state index in [2.05, 4.69) is 11.8 Å². The van der Waals surface area contributed by atoms with Crippen LogP contribution in [0.4, 0.5) is 14.5 Å². The molecule has 0 aliphatic carbocycles. The molecule has 0 unspecified atom stereocenters. The van der Waals surface area contributed by atoms with Gasteiger partial charge in [-0.2, -0.15) is 8.78 Å². The molecule has 0 aromatic heterocycles. The van der Waals surface area contributed by atoms with Gasteiger partial charge in [-0.25, -0.2) is 8.42 Å². The van der Waals surface area contributed by atoms with Crippen LogP contribution < -0.4 is 4.72 Å². The van der Waals surface area contributed by atoms with Gasteiger partial charge in [-0.3, -0.25) is 4.72 Å². The van der Waals surface area contributed by atoms with Crippen LogP contribution >= 0.6 is 0 Å². The van der Waals surface area contributed by atoms with Crippen molar-refractivity contribution in [2.24, 2.45) is 0 Å². The third-order valence-corrected chi connectivity index (χ3v) is 2.68. The van der Waals surface area contributed by atoms with E-state index in [-0.39, 0.29) is 12.3 Å². The molecule has 0 saturated heterocycles. The molecule has 1 aromatic carbocycles. The van der Waals surface area contributed by atoms with Gasteiger partial charge < -0.3 is 5.11 Å². The van der Waals surface area contributed by atoms with Crippen molar-refractivity contribution in [3.05, 3.63) is 29.8 Å². The maximum atomic E-state index is 12.0. The Balaban J connectivity index is 2.83. The van der Waals surface area contributed by atoms with Crippen molar-refractivity contribution in [1.29, 1.82) is 0 Å². The maximum absolute atomic E-state index is 12.0. The fourth-order valence-electron chi connectivity index (χ4n) is 0.972. The minimum Gasteiger partial charge on any atom is -0.384 e. The SMILES string of the molecule is O=S(=O)(Nc1ccc(C#CCO)cc1)C(F)F. The standard InChI is InChI=1S/C10H9F2NO3S/c11-10(12)17(15,16)13-9-5-3-8(4-6-9)2-1-7-14/h3-6,10,13-14H,7H2. The van der Waals surface area contributed by atoms with Gasteiger partial charge >= 0.3 is 5.76 Å². The smallest absolute Gasteiger partial charge is 0.355 e. The van der Waals surface area contributed by atoms with Gasteiger partial charge in [0.15, 0.2) is 0 Å². The number of nitrogens with one attached hydrogen (secondary N) is 1. The summed E-state index contributed by atoms with van der Waals surface area (Å²) in [4.78, 5) is 0. The first-order valence-corrected chi connectivity index (χ1v) is 6.00. The van der Waals surface area contributed by atoms with Crippen LogP contribution in [0, 0.1) is 11.8 Å². The minimum absolute atomic E-state index is 0.0276. The molecule has 0 radical (unpaired) electrons. The van der Waals surface area contributed by atoms with Crippen molar-refractivity contribution < 1.29 is 22.3 Å². The first-order valence-electron chi connectivity index (χ1n) is 4.45. The molecule has 0 heterocycles. The second-order valence-electron chi connectivity index (χ2n) is 2.94. The number of sulfonamides is 1. The number of anilines is 1. The summed E-state index contributed by atoms with van der Waals surface area (Å²) in [5.41, 5.74) is 0.568. The molecule has 0 amide bonds. The van der Waals surface area contributed by atoms with Crippen LogP contribution in [0.15, 0.2) is 24.3 Å². The molecule has 92 valence electrons. The lowest BCUT2D eigenvalue weighted by atomic mass is 10.2. The summed E-state index contributed by atoms with van der Waals surface area (Å²) < 4.78 is 47.5. The van der Waals surface area contributed by atoms with Crippen LogP contribution in [0.2, 0.25) is 0 Å². The zero-order chi connectivity index (χ0) is 12.9. The Morgan fingerprint density at radius 3 is 2.35 bits per heavy atom. The first kappa shape index (κ1) is 13.4. The molecular weight excluding hydrogens is 252 g/mol. The second-order valence-corrected chi connectivity index (χ2v) is 4.60. The molecule has 0 aliphatic heterocycles. The molecule has 1 aromatic rings. The predicted molar refractivity (Wildman–Crippen MR) is 59.0 cm³/mol. The fraction of sp³-hybridized carbons (Fsp3) is 0.200. The lowest BCUT2D eigenvalue weighted by Crippen LogP contribution is -2.20. The Hall–Kier alpha value is -1.65. The molecule has 0 saturated carbocycles. The van der Waals surface area contributed by atoms with E-state index in [0.29, 0.717) is 5.56 Å². The van der Waals surface area contributed by atoms with Gasteiger partial charge in [0.1, 0.15) is 6.61 Å². The van der Waals surface area contributed by atoms with Gasteiger partial charge in [-0.1, -0.05) is 11.8 Å². The maximum Gasteiger partial charge on any atom is 0.355 e. The summed E-state index contributed by atoms with van der Waals surface area (Å²) in [5.74, 6) is 1.50. The fourth-order valence-corrected chi connectivity index (χ4v) is 1.53. The van der Waals surface area contributed by atoms with Crippen molar-refractivity contribution in [2.75, 3.05) is 11.3 Å². The summed E-state index contributed by atoms with van der Waals surface area (Å²) in [6.45, 7) is -0.292. The topological polar surface area (TPSA) is 66.4 Å². The lowest BCUT2D eigenvalue weighted by Gasteiger charge is -2.06.